The van der Waals surface area contributed by atoms with Crippen LogP contribution in [0.1, 0.15) is 29.6 Å². The van der Waals surface area contributed by atoms with Crippen LogP contribution in [-0.4, -0.2) is 82.9 Å². The van der Waals surface area contributed by atoms with E-state index in [2.05, 4.69) is 33.9 Å². The number of H-pyrrole nitrogens is 2. The molecule has 1 aromatic rings. The Morgan fingerprint density at radius 2 is 1.83 bits per heavy atom. The third-order valence-electron chi connectivity index (χ3n) is 5.47. The maximum atomic E-state index is 12.8. The molecule has 2 N–H and O–H groups in total. The third-order valence-corrected chi connectivity index (χ3v) is 5.47. The Balaban J connectivity index is 1.86. The van der Waals surface area contributed by atoms with Crippen LogP contribution in [0.15, 0.2) is 15.8 Å². The zero-order valence-corrected chi connectivity index (χ0v) is 14.3. The van der Waals surface area contributed by atoms with E-state index < -0.39 is 11.2 Å². The summed E-state index contributed by atoms with van der Waals surface area (Å²) in [5.41, 5.74) is -1.26. The minimum Gasteiger partial charge on any atom is -0.337 e. The number of nitrogens with one attached hydrogen (secondary N) is 2. The molecule has 1 spiro atoms. The number of carbonyl (C=O) groups excluding carboxylic acids is 1. The molecule has 1 amide bonds. The Morgan fingerprint density at radius 1 is 1.12 bits per heavy atom. The molecule has 3 heterocycles. The molecule has 8 nitrogen and oxygen atoms in total. The second-order valence-electron chi connectivity index (χ2n) is 7.02. The van der Waals surface area contributed by atoms with Crippen LogP contribution in [0.25, 0.3) is 0 Å². The average molecular weight is 335 g/mol. The minimum absolute atomic E-state index is 0.00207. The summed E-state index contributed by atoms with van der Waals surface area (Å²) in [6.07, 6.45) is 4.11. The molecule has 2 aliphatic heterocycles. The first-order valence-electron chi connectivity index (χ1n) is 8.42. The summed E-state index contributed by atoms with van der Waals surface area (Å²) in [4.78, 5) is 46.9. The summed E-state index contributed by atoms with van der Waals surface area (Å²) in [5, 5.41) is 0. The van der Waals surface area contributed by atoms with Crippen LogP contribution in [0.5, 0.6) is 0 Å². The van der Waals surface area contributed by atoms with Crippen molar-refractivity contribution < 1.29 is 4.79 Å². The highest BCUT2D eigenvalue weighted by Gasteiger charge is 2.41. The van der Waals surface area contributed by atoms with Crippen LogP contribution >= 0.6 is 0 Å². The fourth-order valence-corrected chi connectivity index (χ4v) is 3.78. The van der Waals surface area contributed by atoms with Crippen molar-refractivity contribution in [3.05, 3.63) is 32.6 Å². The lowest BCUT2D eigenvalue weighted by molar-refractivity contribution is 0.0316. The van der Waals surface area contributed by atoms with Crippen LogP contribution in [0.4, 0.5) is 0 Å². The lowest BCUT2D eigenvalue weighted by Gasteiger charge is -2.47. The number of likely N-dealkylation sites (tertiary alicyclic amines) is 1. The highest BCUT2D eigenvalue weighted by atomic mass is 16.2. The molecule has 0 aromatic carbocycles. The van der Waals surface area contributed by atoms with Gasteiger partial charge in [-0.1, -0.05) is 0 Å². The lowest BCUT2D eigenvalue weighted by Crippen LogP contribution is -2.58. The van der Waals surface area contributed by atoms with Crippen LogP contribution < -0.4 is 11.2 Å². The highest BCUT2D eigenvalue weighted by Crippen LogP contribution is 2.31. The summed E-state index contributed by atoms with van der Waals surface area (Å²) in [6.45, 7) is 4.20. The number of hydrogen-bond acceptors (Lipinski definition) is 5. The molecular formula is C16H25N5O3. The predicted octanol–water partition coefficient (Wildman–Crippen LogP) is -0.695. The zero-order chi connectivity index (χ0) is 17.3. The van der Waals surface area contributed by atoms with Gasteiger partial charge in [0.25, 0.3) is 11.5 Å². The number of piperidine rings is 1. The molecule has 2 aliphatic rings. The van der Waals surface area contributed by atoms with E-state index >= 15 is 0 Å². The normalized spacial score (nSPS) is 22.5. The van der Waals surface area contributed by atoms with Gasteiger partial charge in [-0.2, -0.15) is 0 Å². The number of hydrogen-bond donors (Lipinski definition) is 2. The van der Waals surface area contributed by atoms with E-state index in [-0.39, 0.29) is 17.0 Å². The molecule has 3 rings (SSSR count). The van der Waals surface area contributed by atoms with Crippen molar-refractivity contribution in [1.29, 1.82) is 0 Å². The molecule has 1 aromatic heterocycles. The molecule has 24 heavy (non-hydrogen) atoms. The molecule has 0 saturated carbocycles. The highest BCUT2D eigenvalue weighted by molar-refractivity contribution is 5.93. The first-order chi connectivity index (χ1) is 11.4. The van der Waals surface area contributed by atoms with Crippen LogP contribution in [0.2, 0.25) is 0 Å². The fourth-order valence-electron chi connectivity index (χ4n) is 3.78. The Kier molecular flexibility index (Phi) is 4.60. The SMILES string of the molecule is CN1CCC2(CC1)CN(C(=O)c1c[nH]c(=O)[nH]c1=O)CCCN2C. The van der Waals surface area contributed by atoms with Gasteiger partial charge in [0.15, 0.2) is 0 Å². The molecular weight excluding hydrogens is 310 g/mol. The summed E-state index contributed by atoms with van der Waals surface area (Å²) in [6, 6.07) is 0. The van der Waals surface area contributed by atoms with E-state index in [9.17, 15) is 14.4 Å². The van der Waals surface area contributed by atoms with Crippen LogP contribution in [-0.2, 0) is 0 Å². The average Bonchev–Trinajstić information content (AvgIpc) is 2.70. The summed E-state index contributed by atoms with van der Waals surface area (Å²) in [5.74, 6) is -0.305. The summed E-state index contributed by atoms with van der Waals surface area (Å²) in [7, 11) is 4.25. The zero-order valence-electron chi connectivity index (χ0n) is 14.3. The molecule has 0 bridgehead atoms. The summed E-state index contributed by atoms with van der Waals surface area (Å²) >= 11 is 0. The fraction of sp³-hybridized carbons (Fsp3) is 0.688. The number of aromatic nitrogens is 2. The Morgan fingerprint density at radius 3 is 2.50 bits per heavy atom. The number of rotatable bonds is 1. The molecule has 0 radical (unpaired) electrons. The second-order valence-corrected chi connectivity index (χ2v) is 7.02. The molecule has 2 fully saturated rings. The molecule has 8 heteroatoms. The van der Waals surface area contributed by atoms with Crippen LogP contribution in [0, 0.1) is 0 Å². The van der Waals surface area contributed by atoms with Crippen molar-refractivity contribution in [3.8, 4) is 0 Å². The van der Waals surface area contributed by atoms with E-state index in [1.165, 1.54) is 6.20 Å². The number of amides is 1. The van der Waals surface area contributed by atoms with Crippen molar-refractivity contribution in [2.24, 2.45) is 0 Å². The van der Waals surface area contributed by atoms with E-state index in [0.29, 0.717) is 13.1 Å². The van der Waals surface area contributed by atoms with Gasteiger partial charge in [0.2, 0.25) is 0 Å². The van der Waals surface area contributed by atoms with Gasteiger partial charge < -0.3 is 14.8 Å². The molecule has 0 aliphatic carbocycles. The van der Waals surface area contributed by atoms with E-state index in [4.69, 9.17) is 0 Å². The number of nitrogens with zero attached hydrogens (tertiary/aromatic N) is 3. The van der Waals surface area contributed by atoms with Gasteiger partial charge in [-0.25, -0.2) is 4.79 Å². The van der Waals surface area contributed by atoms with E-state index in [1.807, 2.05) is 0 Å². The maximum Gasteiger partial charge on any atom is 0.325 e. The molecule has 0 unspecified atom stereocenters. The first kappa shape index (κ1) is 16.9. The topological polar surface area (TPSA) is 92.5 Å². The predicted molar refractivity (Wildman–Crippen MR) is 90.3 cm³/mol. The van der Waals surface area contributed by atoms with E-state index in [1.54, 1.807) is 4.90 Å². The van der Waals surface area contributed by atoms with E-state index in [0.717, 1.165) is 38.9 Å². The number of likely N-dealkylation sites (N-methyl/N-ethyl adjacent to an activating group) is 1. The standard InChI is InChI=1S/C16H25N5O3/c1-19-8-4-16(5-9-19)11-21(7-3-6-20(16)2)14(23)12-10-17-15(24)18-13(12)22/h10H,3-9,11H2,1-2H3,(H2,17,18,22,24). The quantitative estimate of drug-likeness (QED) is 0.708. The monoisotopic (exact) mass is 335 g/mol. The van der Waals surface area contributed by atoms with Gasteiger partial charge in [0.1, 0.15) is 5.56 Å². The maximum absolute atomic E-state index is 12.8. The Labute approximate surface area is 140 Å². The van der Waals surface area contributed by atoms with Gasteiger partial charge in [-0.05, 0) is 46.4 Å². The summed E-state index contributed by atoms with van der Waals surface area (Å²) < 4.78 is 0. The largest absolute Gasteiger partial charge is 0.337 e. The van der Waals surface area contributed by atoms with Gasteiger partial charge in [-0.15, -0.1) is 0 Å². The lowest BCUT2D eigenvalue weighted by atomic mass is 9.85. The van der Waals surface area contributed by atoms with Crippen molar-refractivity contribution in [3.63, 3.8) is 0 Å². The Hall–Kier alpha value is -1.93. The Bertz CT molecular complexity index is 717. The smallest absolute Gasteiger partial charge is 0.325 e. The van der Waals surface area contributed by atoms with Crippen molar-refractivity contribution >= 4 is 5.91 Å². The minimum atomic E-state index is -0.626. The number of carbonyl (C=O) groups is 1. The van der Waals surface area contributed by atoms with Gasteiger partial charge in [-0.3, -0.25) is 19.5 Å². The van der Waals surface area contributed by atoms with Crippen molar-refractivity contribution in [2.45, 2.75) is 24.8 Å². The third kappa shape index (κ3) is 3.16. The van der Waals surface area contributed by atoms with Gasteiger partial charge in [0, 0.05) is 31.4 Å². The van der Waals surface area contributed by atoms with Gasteiger partial charge >= 0.3 is 5.69 Å². The molecule has 0 atom stereocenters. The van der Waals surface area contributed by atoms with Gasteiger partial charge in [0.05, 0.1) is 0 Å². The van der Waals surface area contributed by atoms with Crippen molar-refractivity contribution in [1.82, 2.24) is 24.7 Å². The second kappa shape index (κ2) is 6.52. The first-order valence-corrected chi connectivity index (χ1v) is 8.42. The number of aromatic amines is 2. The molecule has 132 valence electrons. The van der Waals surface area contributed by atoms with Crippen molar-refractivity contribution in [2.75, 3.05) is 46.8 Å². The molecule has 2 saturated heterocycles. The van der Waals surface area contributed by atoms with Crippen LogP contribution in [0.3, 0.4) is 0 Å².